The third-order valence-corrected chi connectivity index (χ3v) is 5.10. The van der Waals surface area contributed by atoms with E-state index in [0.717, 1.165) is 10.0 Å². The Balaban J connectivity index is 2.51. The van der Waals surface area contributed by atoms with Crippen LogP contribution in [-0.4, -0.2) is 26.5 Å². The normalized spacial score (nSPS) is 13.6. The minimum absolute atomic E-state index is 0.137. The zero-order valence-electron chi connectivity index (χ0n) is 10.1. The summed E-state index contributed by atoms with van der Waals surface area (Å²) in [5.41, 5.74) is 1.14. The lowest BCUT2D eigenvalue weighted by atomic mass is 10.1. The number of hydrogen-bond acceptors (Lipinski definition) is 3. The maximum atomic E-state index is 11.3. The van der Waals surface area contributed by atoms with Crippen molar-refractivity contribution in [2.45, 2.75) is 19.9 Å². The van der Waals surface area contributed by atoms with Gasteiger partial charge < -0.3 is 5.32 Å². The number of hydrogen-bond donors (Lipinski definition) is 1. The lowest BCUT2D eigenvalue weighted by Gasteiger charge is -2.15. The molecule has 0 saturated heterocycles. The minimum atomic E-state index is -2.88. The number of rotatable bonds is 6. The van der Waals surface area contributed by atoms with Crippen LogP contribution in [0.25, 0.3) is 0 Å². The molecule has 0 saturated carbocycles. The SMILES string of the molecule is CCS(=O)(=O)CCN[C@@H](C)c1ccccc1Br. The first kappa shape index (κ1) is 14.7. The molecule has 0 radical (unpaired) electrons. The van der Waals surface area contributed by atoms with Crippen molar-refractivity contribution in [1.29, 1.82) is 0 Å². The topological polar surface area (TPSA) is 46.2 Å². The van der Waals surface area contributed by atoms with Gasteiger partial charge in [-0.3, -0.25) is 0 Å². The minimum Gasteiger partial charge on any atom is -0.309 e. The summed E-state index contributed by atoms with van der Waals surface area (Å²) in [6.07, 6.45) is 0. The Kier molecular flexibility index (Phi) is 5.62. The van der Waals surface area contributed by atoms with Crippen LogP contribution in [0.5, 0.6) is 0 Å². The Morgan fingerprint density at radius 1 is 1.35 bits per heavy atom. The summed E-state index contributed by atoms with van der Waals surface area (Å²) in [5, 5.41) is 3.22. The van der Waals surface area contributed by atoms with E-state index in [1.165, 1.54) is 0 Å². The molecular formula is C12H18BrNO2S. The van der Waals surface area contributed by atoms with E-state index in [0.29, 0.717) is 6.54 Å². The highest BCUT2D eigenvalue weighted by Gasteiger charge is 2.10. The van der Waals surface area contributed by atoms with Crippen LogP contribution >= 0.6 is 15.9 Å². The fourth-order valence-corrected chi connectivity index (χ4v) is 2.86. The summed E-state index contributed by atoms with van der Waals surface area (Å²) in [7, 11) is -2.88. The largest absolute Gasteiger partial charge is 0.309 e. The summed E-state index contributed by atoms with van der Waals surface area (Å²) >= 11 is 3.48. The Labute approximate surface area is 112 Å². The van der Waals surface area contributed by atoms with E-state index in [9.17, 15) is 8.42 Å². The van der Waals surface area contributed by atoms with E-state index in [1.807, 2.05) is 31.2 Å². The van der Waals surface area contributed by atoms with Crippen LogP contribution in [0, 0.1) is 0 Å². The Hall–Kier alpha value is -0.390. The number of halogens is 1. The van der Waals surface area contributed by atoms with Gasteiger partial charge in [0.1, 0.15) is 0 Å². The highest BCUT2D eigenvalue weighted by Crippen LogP contribution is 2.22. The molecule has 1 rings (SSSR count). The summed E-state index contributed by atoms with van der Waals surface area (Å²) in [4.78, 5) is 0. The average Bonchev–Trinajstić information content (AvgIpc) is 2.29. The van der Waals surface area contributed by atoms with Crippen molar-refractivity contribution in [1.82, 2.24) is 5.32 Å². The number of benzene rings is 1. The van der Waals surface area contributed by atoms with Gasteiger partial charge in [0, 0.05) is 22.8 Å². The van der Waals surface area contributed by atoms with E-state index >= 15 is 0 Å². The molecule has 1 atom stereocenters. The van der Waals surface area contributed by atoms with Gasteiger partial charge in [0.15, 0.2) is 9.84 Å². The van der Waals surface area contributed by atoms with Crippen molar-refractivity contribution in [3.63, 3.8) is 0 Å². The molecule has 3 nitrogen and oxygen atoms in total. The molecule has 0 aliphatic rings. The van der Waals surface area contributed by atoms with Gasteiger partial charge in [-0.15, -0.1) is 0 Å². The van der Waals surface area contributed by atoms with Crippen molar-refractivity contribution >= 4 is 25.8 Å². The molecule has 0 aliphatic heterocycles. The molecule has 1 N–H and O–H groups in total. The molecule has 1 aromatic rings. The monoisotopic (exact) mass is 319 g/mol. The predicted molar refractivity (Wildman–Crippen MR) is 74.9 cm³/mol. The summed E-state index contributed by atoms with van der Waals surface area (Å²) in [6.45, 7) is 4.18. The lowest BCUT2D eigenvalue weighted by molar-refractivity contribution is 0.572. The van der Waals surface area contributed by atoms with Crippen LogP contribution in [-0.2, 0) is 9.84 Å². The van der Waals surface area contributed by atoms with Crippen LogP contribution in [0.15, 0.2) is 28.7 Å². The standard InChI is InChI=1S/C12H18BrNO2S/c1-3-17(15,16)9-8-14-10(2)11-6-4-5-7-12(11)13/h4-7,10,14H,3,8-9H2,1-2H3/t10-/m0/s1. The average molecular weight is 320 g/mol. The Morgan fingerprint density at radius 3 is 2.59 bits per heavy atom. The molecule has 96 valence electrons. The zero-order chi connectivity index (χ0) is 12.9. The first-order chi connectivity index (χ1) is 7.96. The highest BCUT2D eigenvalue weighted by molar-refractivity contribution is 9.10. The fraction of sp³-hybridized carbons (Fsp3) is 0.500. The second-order valence-electron chi connectivity index (χ2n) is 3.93. The van der Waals surface area contributed by atoms with Crippen LogP contribution in [0.1, 0.15) is 25.5 Å². The molecular weight excluding hydrogens is 302 g/mol. The summed E-state index contributed by atoms with van der Waals surface area (Å²) in [6, 6.07) is 8.08. The van der Waals surface area contributed by atoms with Crippen LogP contribution < -0.4 is 5.32 Å². The Morgan fingerprint density at radius 2 is 2.00 bits per heavy atom. The molecule has 0 amide bonds. The molecule has 0 aromatic heterocycles. The van der Waals surface area contributed by atoms with Crippen LogP contribution in [0.2, 0.25) is 0 Å². The molecule has 0 bridgehead atoms. The highest BCUT2D eigenvalue weighted by atomic mass is 79.9. The zero-order valence-corrected chi connectivity index (χ0v) is 12.5. The predicted octanol–water partition coefficient (Wildman–Crippen LogP) is 2.53. The molecule has 0 fully saturated rings. The van der Waals surface area contributed by atoms with Gasteiger partial charge in [-0.05, 0) is 18.6 Å². The summed E-state index contributed by atoms with van der Waals surface area (Å²) in [5.74, 6) is 0.399. The third kappa shape index (κ3) is 4.77. The Bertz CT molecular complexity index is 459. The van der Waals surface area contributed by atoms with Gasteiger partial charge in [0.25, 0.3) is 0 Å². The number of sulfone groups is 1. The van der Waals surface area contributed by atoms with Gasteiger partial charge in [-0.1, -0.05) is 41.1 Å². The third-order valence-electron chi connectivity index (χ3n) is 2.68. The van der Waals surface area contributed by atoms with Crippen molar-refractivity contribution in [2.24, 2.45) is 0 Å². The van der Waals surface area contributed by atoms with Gasteiger partial charge in [-0.25, -0.2) is 8.42 Å². The van der Waals surface area contributed by atoms with E-state index in [2.05, 4.69) is 21.2 Å². The maximum absolute atomic E-state index is 11.3. The van der Waals surface area contributed by atoms with Crippen molar-refractivity contribution in [2.75, 3.05) is 18.1 Å². The molecule has 0 unspecified atom stereocenters. The van der Waals surface area contributed by atoms with E-state index in [-0.39, 0.29) is 17.5 Å². The first-order valence-corrected chi connectivity index (χ1v) is 8.26. The fourth-order valence-electron chi connectivity index (χ4n) is 1.51. The van der Waals surface area contributed by atoms with Crippen molar-refractivity contribution in [3.8, 4) is 0 Å². The molecule has 5 heteroatoms. The van der Waals surface area contributed by atoms with Gasteiger partial charge in [-0.2, -0.15) is 0 Å². The van der Waals surface area contributed by atoms with Crippen LogP contribution in [0.3, 0.4) is 0 Å². The quantitative estimate of drug-likeness (QED) is 0.876. The van der Waals surface area contributed by atoms with Gasteiger partial charge in [0.05, 0.1) is 5.75 Å². The number of nitrogens with one attached hydrogen (secondary N) is 1. The molecule has 1 aromatic carbocycles. The molecule has 0 aliphatic carbocycles. The van der Waals surface area contributed by atoms with E-state index < -0.39 is 9.84 Å². The van der Waals surface area contributed by atoms with Crippen molar-refractivity contribution in [3.05, 3.63) is 34.3 Å². The maximum Gasteiger partial charge on any atom is 0.151 e. The first-order valence-electron chi connectivity index (χ1n) is 5.64. The molecule has 0 heterocycles. The lowest BCUT2D eigenvalue weighted by Crippen LogP contribution is -2.26. The smallest absolute Gasteiger partial charge is 0.151 e. The van der Waals surface area contributed by atoms with Crippen molar-refractivity contribution < 1.29 is 8.42 Å². The summed E-state index contributed by atoms with van der Waals surface area (Å²) < 4.78 is 23.7. The second-order valence-corrected chi connectivity index (χ2v) is 7.26. The molecule has 0 spiro atoms. The van der Waals surface area contributed by atoms with Gasteiger partial charge in [0.2, 0.25) is 0 Å². The van der Waals surface area contributed by atoms with Gasteiger partial charge >= 0.3 is 0 Å². The van der Waals surface area contributed by atoms with Crippen LogP contribution in [0.4, 0.5) is 0 Å². The van der Waals surface area contributed by atoms with E-state index in [4.69, 9.17) is 0 Å². The van der Waals surface area contributed by atoms with E-state index in [1.54, 1.807) is 6.92 Å². The molecule has 17 heavy (non-hydrogen) atoms. The second kappa shape index (κ2) is 6.52.